The molecule has 2 fully saturated rings. The SMILES string of the molecule is CCC(C)(C)C1C(C)C12CC2. The van der Waals surface area contributed by atoms with Gasteiger partial charge in [-0.1, -0.05) is 34.1 Å². The summed E-state index contributed by atoms with van der Waals surface area (Å²) in [6, 6.07) is 0. The summed E-state index contributed by atoms with van der Waals surface area (Å²) in [5.41, 5.74) is 1.48. The van der Waals surface area contributed by atoms with Gasteiger partial charge in [-0.2, -0.15) is 0 Å². The zero-order valence-corrected chi connectivity index (χ0v) is 8.28. The monoisotopic (exact) mass is 152 g/mol. The summed E-state index contributed by atoms with van der Waals surface area (Å²) in [5, 5.41) is 0. The molecule has 0 N–H and O–H groups in total. The molecule has 0 aromatic rings. The maximum atomic E-state index is 2.45. The van der Waals surface area contributed by atoms with E-state index >= 15 is 0 Å². The summed E-state index contributed by atoms with van der Waals surface area (Å²) in [6.45, 7) is 9.68. The molecule has 2 rings (SSSR count). The van der Waals surface area contributed by atoms with Crippen molar-refractivity contribution in [2.45, 2.75) is 47.0 Å². The van der Waals surface area contributed by atoms with E-state index in [1.807, 2.05) is 0 Å². The Hall–Kier alpha value is 0. The Labute approximate surface area is 70.4 Å². The Balaban J connectivity index is 2.08. The number of hydrogen-bond acceptors (Lipinski definition) is 0. The molecule has 2 aliphatic carbocycles. The molecule has 1 spiro atoms. The van der Waals surface area contributed by atoms with Crippen molar-refractivity contribution in [3.63, 3.8) is 0 Å². The van der Waals surface area contributed by atoms with E-state index < -0.39 is 0 Å². The molecule has 0 nitrogen and oxygen atoms in total. The fourth-order valence-corrected chi connectivity index (χ4v) is 3.28. The third-order valence-corrected chi connectivity index (χ3v) is 4.50. The maximum absolute atomic E-state index is 2.45. The van der Waals surface area contributed by atoms with Gasteiger partial charge in [0.2, 0.25) is 0 Å². The van der Waals surface area contributed by atoms with Gasteiger partial charge in [0.15, 0.2) is 0 Å². The lowest BCUT2D eigenvalue weighted by atomic mass is 9.82. The zero-order valence-electron chi connectivity index (χ0n) is 8.28. The van der Waals surface area contributed by atoms with Crippen molar-refractivity contribution in [3.8, 4) is 0 Å². The molecule has 0 saturated heterocycles. The van der Waals surface area contributed by atoms with Crippen LogP contribution in [0.15, 0.2) is 0 Å². The van der Waals surface area contributed by atoms with E-state index in [9.17, 15) is 0 Å². The second-order valence-corrected chi connectivity index (χ2v) is 5.34. The first-order chi connectivity index (χ1) is 5.04. The molecule has 11 heavy (non-hydrogen) atoms. The van der Waals surface area contributed by atoms with E-state index in [1.165, 1.54) is 19.3 Å². The molecule has 0 radical (unpaired) electrons. The predicted octanol–water partition coefficient (Wildman–Crippen LogP) is 3.47. The van der Waals surface area contributed by atoms with Crippen LogP contribution < -0.4 is 0 Å². The molecule has 64 valence electrons. The summed E-state index contributed by atoms with van der Waals surface area (Å²) >= 11 is 0. The fraction of sp³-hybridized carbons (Fsp3) is 1.00. The standard InChI is InChI=1S/C11H20/c1-5-10(3,4)9-8(2)11(9)6-7-11/h8-9H,5-7H2,1-4H3. The Morgan fingerprint density at radius 3 is 2.18 bits per heavy atom. The van der Waals surface area contributed by atoms with E-state index in [-0.39, 0.29) is 0 Å². The van der Waals surface area contributed by atoms with Crippen molar-refractivity contribution in [2.24, 2.45) is 22.7 Å². The molecule has 2 saturated carbocycles. The second-order valence-electron chi connectivity index (χ2n) is 5.34. The zero-order chi connectivity index (χ0) is 8.28. The van der Waals surface area contributed by atoms with E-state index in [1.54, 1.807) is 0 Å². The molecule has 0 bridgehead atoms. The lowest BCUT2D eigenvalue weighted by Gasteiger charge is -2.23. The first kappa shape index (κ1) is 7.64. The second kappa shape index (κ2) is 1.84. The fourth-order valence-electron chi connectivity index (χ4n) is 3.28. The average molecular weight is 152 g/mol. The first-order valence-corrected chi connectivity index (χ1v) is 5.04. The molecular formula is C11H20. The van der Waals surface area contributed by atoms with Crippen LogP contribution in [0, 0.1) is 22.7 Å². The van der Waals surface area contributed by atoms with Crippen LogP contribution >= 0.6 is 0 Å². The van der Waals surface area contributed by atoms with Gasteiger partial charge in [0.05, 0.1) is 0 Å². The molecule has 2 unspecified atom stereocenters. The van der Waals surface area contributed by atoms with Gasteiger partial charge in [0, 0.05) is 0 Å². The number of hydrogen-bond donors (Lipinski definition) is 0. The van der Waals surface area contributed by atoms with Crippen LogP contribution in [0.4, 0.5) is 0 Å². The lowest BCUT2D eigenvalue weighted by Crippen LogP contribution is -2.14. The minimum absolute atomic E-state index is 0.621. The minimum atomic E-state index is 0.621. The van der Waals surface area contributed by atoms with Crippen molar-refractivity contribution in [2.75, 3.05) is 0 Å². The predicted molar refractivity (Wildman–Crippen MR) is 48.4 cm³/mol. The Morgan fingerprint density at radius 1 is 1.36 bits per heavy atom. The Bertz CT molecular complexity index is 174. The summed E-state index contributed by atoms with van der Waals surface area (Å²) in [7, 11) is 0. The van der Waals surface area contributed by atoms with E-state index in [0.717, 1.165) is 17.3 Å². The van der Waals surface area contributed by atoms with Gasteiger partial charge in [-0.05, 0) is 35.5 Å². The van der Waals surface area contributed by atoms with Crippen LogP contribution in [0.3, 0.4) is 0 Å². The Morgan fingerprint density at radius 2 is 1.91 bits per heavy atom. The molecule has 2 aliphatic rings. The van der Waals surface area contributed by atoms with Crippen LogP contribution in [0.1, 0.15) is 47.0 Å². The van der Waals surface area contributed by atoms with Gasteiger partial charge in [0.25, 0.3) is 0 Å². The van der Waals surface area contributed by atoms with Crippen molar-refractivity contribution >= 4 is 0 Å². The van der Waals surface area contributed by atoms with Crippen molar-refractivity contribution in [1.82, 2.24) is 0 Å². The van der Waals surface area contributed by atoms with E-state index in [2.05, 4.69) is 27.7 Å². The van der Waals surface area contributed by atoms with Gasteiger partial charge < -0.3 is 0 Å². The van der Waals surface area contributed by atoms with Crippen LogP contribution in [0.25, 0.3) is 0 Å². The highest BCUT2D eigenvalue weighted by Crippen LogP contribution is 2.79. The average Bonchev–Trinajstić information content (AvgIpc) is 2.78. The van der Waals surface area contributed by atoms with Gasteiger partial charge in [-0.15, -0.1) is 0 Å². The van der Waals surface area contributed by atoms with Gasteiger partial charge in [-0.25, -0.2) is 0 Å². The lowest BCUT2D eigenvalue weighted by molar-refractivity contribution is 0.268. The highest BCUT2D eigenvalue weighted by molar-refractivity contribution is 5.20. The highest BCUT2D eigenvalue weighted by atomic mass is 14.8. The summed E-state index contributed by atoms with van der Waals surface area (Å²) < 4.78 is 0. The summed E-state index contributed by atoms with van der Waals surface area (Å²) in [5.74, 6) is 2.09. The molecule has 0 heteroatoms. The van der Waals surface area contributed by atoms with Crippen LogP contribution in [-0.2, 0) is 0 Å². The summed E-state index contributed by atoms with van der Waals surface area (Å²) in [6.07, 6.45) is 4.41. The smallest absolute Gasteiger partial charge is 0.0232 e. The van der Waals surface area contributed by atoms with Crippen molar-refractivity contribution in [3.05, 3.63) is 0 Å². The van der Waals surface area contributed by atoms with Crippen molar-refractivity contribution < 1.29 is 0 Å². The Kier molecular flexibility index (Phi) is 1.28. The topological polar surface area (TPSA) is 0 Å². The largest absolute Gasteiger partial charge is 0.0649 e. The molecular weight excluding hydrogens is 132 g/mol. The molecule has 0 amide bonds. The number of rotatable bonds is 2. The normalized spacial score (nSPS) is 39.3. The summed E-state index contributed by atoms with van der Waals surface area (Å²) in [4.78, 5) is 0. The highest BCUT2D eigenvalue weighted by Gasteiger charge is 2.72. The quantitative estimate of drug-likeness (QED) is 0.568. The molecule has 0 aromatic heterocycles. The van der Waals surface area contributed by atoms with Crippen LogP contribution in [0.2, 0.25) is 0 Å². The minimum Gasteiger partial charge on any atom is -0.0649 e. The molecule has 0 aliphatic heterocycles. The third kappa shape index (κ3) is 0.816. The third-order valence-electron chi connectivity index (χ3n) is 4.50. The van der Waals surface area contributed by atoms with Gasteiger partial charge in [-0.3, -0.25) is 0 Å². The van der Waals surface area contributed by atoms with Gasteiger partial charge >= 0.3 is 0 Å². The molecule has 2 atom stereocenters. The van der Waals surface area contributed by atoms with E-state index in [4.69, 9.17) is 0 Å². The van der Waals surface area contributed by atoms with Crippen LogP contribution in [0.5, 0.6) is 0 Å². The molecule has 0 aromatic carbocycles. The van der Waals surface area contributed by atoms with Gasteiger partial charge in [0.1, 0.15) is 0 Å². The maximum Gasteiger partial charge on any atom is -0.0232 e. The first-order valence-electron chi connectivity index (χ1n) is 5.04. The van der Waals surface area contributed by atoms with E-state index in [0.29, 0.717) is 5.41 Å². The molecule has 0 heterocycles. The van der Waals surface area contributed by atoms with Crippen LogP contribution in [-0.4, -0.2) is 0 Å². The van der Waals surface area contributed by atoms with Crippen molar-refractivity contribution in [1.29, 1.82) is 0 Å².